The molecule has 1 heterocycles. The Morgan fingerprint density at radius 3 is 1.73 bits per heavy atom. The second-order valence-corrected chi connectivity index (χ2v) is 15.6. The van der Waals surface area contributed by atoms with Gasteiger partial charge in [-0.3, -0.25) is 0 Å². The summed E-state index contributed by atoms with van der Waals surface area (Å²) in [6.07, 6.45) is 0. The lowest BCUT2D eigenvalue weighted by molar-refractivity contribution is 0.669. The second-order valence-electron chi connectivity index (χ2n) is 15.6. The first-order valence-electron chi connectivity index (χ1n) is 20.6. The van der Waals surface area contributed by atoms with Crippen molar-refractivity contribution in [2.45, 2.75) is 0 Å². The number of hydrogen-bond donors (Lipinski definition) is 0. The summed E-state index contributed by atoms with van der Waals surface area (Å²) in [6, 6.07) is 81.3. The van der Waals surface area contributed by atoms with Crippen molar-refractivity contribution in [3.63, 3.8) is 0 Å². The molecule has 11 aromatic carbocycles. The van der Waals surface area contributed by atoms with Gasteiger partial charge in [0.1, 0.15) is 11.2 Å². The third-order valence-corrected chi connectivity index (χ3v) is 12.2. The van der Waals surface area contributed by atoms with Crippen LogP contribution in [-0.4, -0.2) is 0 Å². The van der Waals surface area contributed by atoms with E-state index in [-0.39, 0.29) is 0 Å². The van der Waals surface area contributed by atoms with E-state index in [2.05, 4.69) is 229 Å². The molecule has 0 aliphatic rings. The van der Waals surface area contributed by atoms with E-state index in [1.54, 1.807) is 0 Å². The highest BCUT2D eigenvalue weighted by atomic mass is 16.3. The Bertz CT molecular complexity index is 3610. The largest absolute Gasteiger partial charge is 0.456 e. The summed E-state index contributed by atoms with van der Waals surface area (Å²) in [5, 5.41) is 12.1. The number of para-hydroxylation sites is 1. The van der Waals surface area contributed by atoms with Crippen LogP contribution >= 0.6 is 0 Å². The van der Waals surface area contributed by atoms with E-state index >= 15 is 0 Å². The van der Waals surface area contributed by atoms with Gasteiger partial charge in [-0.05, 0) is 119 Å². The normalized spacial score (nSPS) is 11.7. The lowest BCUT2D eigenvalue weighted by Gasteiger charge is -2.29. The Labute approximate surface area is 347 Å². The summed E-state index contributed by atoms with van der Waals surface area (Å²) in [6.45, 7) is 0. The number of furan rings is 1. The maximum absolute atomic E-state index is 6.59. The highest BCUT2D eigenvalue weighted by Gasteiger charge is 2.21. The minimum Gasteiger partial charge on any atom is -0.456 e. The number of fused-ring (bicyclic) bond motifs is 8. The molecule has 0 bridgehead atoms. The van der Waals surface area contributed by atoms with Gasteiger partial charge in [0.2, 0.25) is 0 Å². The lowest BCUT2D eigenvalue weighted by atomic mass is 9.94. The van der Waals surface area contributed by atoms with Gasteiger partial charge in [-0.15, -0.1) is 0 Å². The van der Waals surface area contributed by atoms with Crippen molar-refractivity contribution in [3.8, 4) is 33.4 Å². The molecule has 280 valence electrons. The minimum atomic E-state index is 0.879. The first-order valence-corrected chi connectivity index (χ1v) is 20.6. The van der Waals surface area contributed by atoms with Crippen molar-refractivity contribution in [1.29, 1.82) is 0 Å². The number of nitrogens with zero attached hydrogens (tertiary/aromatic N) is 1. The predicted octanol–water partition coefficient (Wildman–Crippen LogP) is 16.7. The first-order chi connectivity index (χ1) is 29.7. The Morgan fingerprint density at radius 1 is 0.283 bits per heavy atom. The zero-order valence-electron chi connectivity index (χ0n) is 32.7. The van der Waals surface area contributed by atoms with Crippen LogP contribution in [-0.2, 0) is 0 Å². The average molecular weight is 764 g/mol. The van der Waals surface area contributed by atoms with Gasteiger partial charge < -0.3 is 9.32 Å². The molecule has 0 spiro atoms. The summed E-state index contributed by atoms with van der Waals surface area (Å²) < 4.78 is 6.59. The highest BCUT2D eigenvalue weighted by Crippen LogP contribution is 2.46. The van der Waals surface area contributed by atoms with Crippen LogP contribution in [0.4, 0.5) is 17.1 Å². The van der Waals surface area contributed by atoms with Crippen LogP contribution in [0.1, 0.15) is 0 Å². The predicted molar refractivity (Wildman–Crippen MR) is 255 cm³/mol. The van der Waals surface area contributed by atoms with Crippen molar-refractivity contribution < 1.29 is 4.42 Å². The quantitative estimate of drug-likeness (QED) is 0.157. The van der Waals surface area contributed by atoms with E-state index in [0.29, 0.717) is 0 Å². The molecule has 0 amide bonds. The molecule has 60 heavy (non-hydrogen) atoms. The van der Waals surface area contributed by atoms with Crippen LogP contribution in [0, 0.1) is 0 Å². The molecule has 0 unspecified atom stereocenters. The smallest absolute Gasteiger partial charge is 0.136 e. The molecular weight excluding hydrogens is 727 g/mol. The summed E-state index contributed by atoms with van der Waals surface area (Å²) in [7, 11) is 0. The number of rotatable bonds is 6. The van der Waals surface area contributed by atoms with Gasteiger partial charge in [-0.1, -0.05) is 176 Å². The molecule has 12 rings (SSSR count). The molecule has 0 fully saturated rings. The minimum absolute atomic E-state index is 0.879. The Balaban J connectivity index is 1.06. The summed E-state index contributed by atoms with van der Waals surface area (Å²) in [5.41, 5.74) is 12.0. The average Bonchev–Trinajstić information content (AvgIpc) is 3.68. The maximum Gasteiger partial charge on any atom is 0.136 e. The second kappa shape index (κ2) is 13.9. The number of hydrogen-bond acceptors (Lipinski definition) is 2. The van der Waals surface area contributed by atoms with Gasteiger partial charge in [-0.2, -0.15) is 0 Å². The van der Waals surface area contributed by atoms with E-state index < -0.39 is 0 Å². The van der Waals surface area contributed by atoms with E-state index in [4.69, 9.17) is 4.42 Å². The summed E-state index contributed by atoms with van der Waals surface area (Å²) in [4.78, 5) is 2.42. The van der Waals surface area contributed by atoms with Crippen molar-refractivity contribution in [1.82, 2.24) is 0 Å². The molecule has 0 aliphatic carbocycles. The topological polar surface area (TPSA) is 16.4 Å². The van der Waals surface area contributed by atoms with E-state index in [1.165, 1.54) is 65.3 Å². The van der Waals surface area contributed by atoms with Gasteiger partial charge in [0.25, 0.3) is 0 Å². The van der Waals surface area contributed by atoms with Crippen molar-refractivity contribution in [2.75, 3.05) is 4.90 Å². The lowest BCUT2D eigenvalue weighted by Crippen LogP contribution is -2.11. The molecule has 0 atom stereocenters. The van der Waals surface area contributed by atoms with E-state index in [9.17, 15) is 0 Å². The van der Waals surface area contributed by atoms with Crippen molar-refractivity contribution >= 4 is 82.1 Å². The van der Waals surface area contributed by atoms with Crippen LogP contribution in [0.5, 0.6) is 0 Å². The van der Waals surface area contributed by atoms with Crippen LogP contribution < -0.4 is 4.90 Å². The molecule has 0 radical (unpaired) electrons. The maximum atomic E-state index is 6.59. The number of anilines is 3. The highest BCUT2D eigenvalue weighted by molar-refractivity contribution is 6.17. The fourth-order valence-corrected chi connectivity index (χ4v) is 9.43. The molecule has 0 N–H and O–H groups in total. The van der Waals surface area contributed by atoms with Crippen molar-refractivity contribution in [2.24, 2.45) is 0 Å². The molecule has 2 nitrogen and oxygen atoms in total. The Hall–Kier alpha value is -7.94. The van der Waals surface area contributed by atoms with Crippen LogP contribution in [0.3, 0.4) is 0 Å². The zero-order valence-corrected chi connectivity index (χ0v) is 32.7. The summed E-state index contributed by atoms with van der Waals surface area (Å²) in [5.74, 6) is 0. The zero-order chi connectivity index (χ0) is 39.6. The molecule has 0 saturated heterocycles. The van der Waals surface area contributed by atoms with Crippen LogP contribution in [0.2, 0.25) is 0 Å². The first kappa shape index (κ1) is 34.1. The fraction of sp³-hybridized carbons (Fsp3) is 0. The van der Waals surface area contributed by atoms with E-state index in [1.807, 2.05) is 0 Å². The third kappa shape index (κ3) is 5.57. The molecule has 2 heteroatoms. The standard InChI is InChI=1S/C58H37NO/c1-2-16-42-37-57-54(36-41(42)15-1)58-53(26-12-28-56(58)60-57)52-22-7-8-27-55(52)59(45-19-9-18-43(35-45)49-23-10-17-38-13-3-5-20-46(38)49)44-32-29-40(30-33-44)48-24-11-25-50-47-21-6-4-14-39(47)31-34-51(48)50/h1-37H. The van der Waals surface area contributed by atoms with Crippen molar-refractivity contribution in [3.05, 3.63) is 224 Å². The molecular formula is C58H37NO. The molecule has 12 aromatic rings. The Kier molecular flexibility index (Phi) is 7.89. The third-order valence-electron chi connectivity index (χ3n) is 12.2. The summed E-state index contributed by atoms with van der Waals surface area (Å²) >= 11 is 0. The van der Waals surface area contributed by atoms with Gasteiger partial charge in [-0.25, -0.2) is 0 Å². The van der Waals surface area contributed by atoms with E-state index in [0.717, 1.165) is 50.1 Å². The van der Waals surface area contributed by atoms with Crippen LogP contribution in [0.25, 0.3) is 98.4 Å². The molecule has 0 saturated carbocycles. The number of benzene rings is 11. The fourth-order valence-electron chi connectivity index (χ4n) is 9.43. The SMILES string of the molecule is c1cc(-c2cccc3ccccc23)cc(N(c2ccc(-c3cccc4c3ccc3ccccc34)cc2)c2ccccc2-c2cccc3oc4cc5ccccc5cc4c23)c1. The van der Waals surface area contributed by atoms with Crippen LogP contribution in [0.15, 0.2) is 229 Å². The molecule has 1 aromatic heterocycles. The Morgan fingerprint density at radius 2 is 0.883 bits per heavy atom. The van der Waals surface area contributed by atoms with Gasteiger partial charge in [0.15, 0.2) is 0 Å². The van der Waals surface area contributed by atoms with Gasteiger partial charge >= 0.3 is 0 Å². The molecule has 0 aliphatic heterocycles. The van der Waals surface area contributed by atoms with Gasteiger partial charge in [0.05, 0.1) is 5.69 Å². The van der Waals surface area contributed by atoms with Gasteiger partial charge in [0, 0.05) is 27.7 Å². The monoisotopic (exact) mass is 763 g/mol.